The Morgan fingerprint density at radius 3 is 2.17 bits per heavy atom. The van der Waals surface area contributed by atoms with Gasteiger partial charge in [-0.3, -0.25) is 0 Å². The number of nitrogens with one attached hydrogen (secondary N) is 2. The van der Waals surface area contributed by atoms with Gasteiger partial charge in [-0.05, 0) is 38.9 Å². The van der Waals surface area contributed by atoms with Crippen LogP contribution in [0.2, 0.25) is 0 Å². The lowest BCUT2D eigenvalue weighted by Gasteiger charge is -2.28. The van der Waals surface area contributed by atoms with Crippen LogP contribution < -0.4 is 10.6 Å². The van der Waals surface area contributed by atoms with Crippen molar-refractivity contribution in [3.8, 4) is 0 Å². The molecular weight excluding hydrogens is 240 g/mol. The molecule has 0 rings (SSSR count). The van der Waals surface area contributed by atoms with E-state index in [1.807, 2.05) is 0 Å². The average molecular weight is 273 g/mol. The fraction of sp³-hybridized carbons (Fsp3) is 0.933. The molecule has 0 aromatic carbocycles. The van der Waals surface area contributed by atoms with Crippen molar-refractivity contribution in [1.82, 2.24) is 10.6 Å². The quantitative estimate of drug-likeness (QED) is 0.455. The van der Waals surface area contributed by atoms with Gasteiger partial charge in [-0.25, -0.2) is 0 Å². The van der Waals surface area contributed by atoms with Gasteiger partial charge < -0.3 is 10.6 Å². The minimum Gasteiger partial charge on any atom is -0.363 e. The lowest BCUT2D eigenvalue weighted by Crippen LogP contribution is -2.48. The molecule has 0 radical (unpaired) electrons. The van der Waals surface area contributed by atoms with Crippen LogP contribution in [0, 0.1) is 0 Å². The van der Waals surface area contributed by atoms with E-state index in [4.69, 9.17) is 12.2 Å². The predicted molar refractivity (Wildman–Crippen MR) is 86.1 cm³/mol. The number of rotatable bonds is 10. The molecule has 0 aromatic rings. The summed E-state index contributed by atoms with van der Waals surface area (Å²) in [7, 11) is 0. The Hall–Kier alpha value is -0.310. The van der Waals surface area contributed by atoms with Gasteiger partial charge >= 0.3 is 0 Å². The molecule has 0 atom stereocenters. The van der Waals surface area contributed by atoms with Crippen LogP contribution in [0.25, 0.3) is 0 Å². The number of unbranched alkanes of at least 4 members (excludes halogenated alkanes) is 5. The van der Waals surface area contributed by atoms with E-state index in [2.05, 4.69) is 38.3 Å². The van der Waals surface area contributed by atoms with E-state index in [0.717, 1.165) is 11.7 Å². The second-order valence-corrected chi connectivity index (χ2v) is 6.19. The summed E-state index contributed by atoms with van der Waals surface area (Å²) in [6.07, 6.45) is 10.2. The van der Waals surface area contributed by atoms with Crippen molar-refractivity contribution in [3.05, 3.63) is 0 Å². The summed E-state index contributed by atoms with van der Waals surface area (Å²) in [4.78, 5) is 0. The third-order valence-electron chi connectivity index (χ3n) is 3.17. The highest BCUT2D eigenvalue weighted by molar-refractivity contribution is 7.80. The summed E-state index contributed by atoms with van der Waals surface area (Å²) in [6, 6.07) is 0. The summed E-state index contributed by atoms with van der Waals surface area (Å²) in [5, 5.41) is 7.55. The van der Waals surface area contributed by atoms with E-state index in [9.17, 15) is 0 Å². The minimum absolute atomic E-state index is 0.114. The molecule has 0 aliphatic heterocycles. The van der Waals surface area contributed by atoms with Crippen molar-refractivity contribution in [2.45, 2.75) is 84.6 Å². The topological polar surface area (TPSA) is 24.1 Å². The fourth-order valence-electron chi connectivity index (χ4n) is 1.98. The van der Waals surface area contributed by atoms with E-state index < -0.39 is 0 Å². The maximum atomic E-state index is 5.34. The van der Waals surface area contributed by atoms with Gasteiger partial charge in [0.2, 0.25) is 0 Å². The van der Waals surface area contributed by atoms with Gasteiger partial charge in [0.15, 0.2) is 5.11 Å². The van der Waals surface area contributed by atoms with Crippen molar-refractivity contribution in [2.75, 3.05) is 6.54 Å². The number of hydrogen-bond acceptors (Lipinski definition) is 1. The lowest BCUT2D eigenvalue weighted by molar-refractivity contribution is 0.402. The lowest BCUT2D eigenvalue weighted by atomic mass is 9.97. The first-order valence-electron chi connectivity index (χ1n) is 7.58. The second kappa shape index (κ2) is 10.6. The van der Waals surface area contributed by atoms with Gasteiger partial charge in [-0.15, -0.1) is 0 Å². The Kier molecular flexibility index (Phi) is 10.4. The maximum absolute atomic E-state index is 5.34. The van der Waals surface area contributed by atoms with Gasteiger partial charge in [0.1, 0.15) is 0 Å². The molecule has 0 amide bonds. The van der Waals surface area contributed by atoms with E-state index >= 15 is 0 Å². The number of thiocarbonyl (C=S) groups is 1. The molecule has 0 aromatic heterocycles. The minimum atomic E-state index is 0.114. The number of hydrogen-bond donors (Lipinski definition) is 2. The molecule has 18 heavy (non-hydrogen) atoms. The molecule has 0 heterocycles. The molecule has 0 saturated carbocycles. The Morgan fingerprint density at radius 1 is 0.944 bits per heavy atom. The molecule has 0 bridgehead atoms. The van der Waals surface area contributed by atoms with E-state index in [1.165, 1.54) is 51.4 Å². The molecule has 2 nitrogen and oxygen atoms in total. The summed E-state index contributed by atoms with van der Waals surface area (Å²) in [6.45, 7) is 9.93. The van der Waals surface area contributed by atoms with Gasteiger partial charge in [0.05, 0.1) is 0 Å². The fourth-order valence-corrected chi connectivity index (χ4v) is 2.36. The molecule has 0 fully saturated rings. The molecule has 0 aliphatic rings. The van der Waals surface area contributed by atoms with Gasteiger partial charge in [-0.2, -0.15) is 0 Å². The molecule has 0 spiro atoms. The zero-order chi connectivity index (χ0) is 13.9. The molecule has 3 heteroatoms. The standard InChI is InChI=1S/C15H32N2S/c1-5-7-9-11-13-16-14(18)17-15(3,4)12-10-8-6-2/h5-13H2,1-4H3,(H2,16,17,18). The first-order valence-corrected chi connectivity index (χ1v) is 7.98. The van der Waals surface area contributed by atoms with E-state index in [-0.39, 0.29) is 5.54 Å². The molecule has 2 N–H and O–H groups in total. The van der Waals surface area contributed by atoms with E-state index in [0.29, 0.717) is 0 Å². The smallest absolute Gasteiger partial charge is 0.166 e. The third kappa shape index (κ3) is 10.8. The summed E-state index contributed by atoms with van der Waals surface area (Å²) in [5.74, 6) is 0. The van der Waals surface area contributed by atoms with Crippen LogP contribution in [-0.4, -0.2) is 17.2 Å². The molecule has 0 aliphatic carbocycles. The summed E-state index contributed by atoms with van der Waals surface area (Å²) in [5.41, 5.74) is 0.114. The predicted octanol–water partition coefficient (Wildman–Crippen LogP) is 4.39. The Morgan fingerprint density at radius 2 is 1.56 bits per heavy atom. The van der Waals surface area contributed by atoms with Crippen LogP contribution >= 0.6 is 12.2 Å². The van der Waals surface area contributed by atoms with Crippen LogP contribution in [0.3, 0.4) is 0 Å². The highest BCUT2D eigenvalue weighted by Crippen LogP contribution is 2.13. The Labute approximate surface area is 119 Å². The maximum Gasteiger partial charge on any atom is 0.166 e. The highest BCUT2D eigenvalue weighted by Gasteiger charge is 2.17. The zero-order valence-corrected chi connectivity index (χ0v) is 13.6. The average Bonchev–Trinajstić information content (AvgIpc) is 2.28. The largest absolute Gasteiger partial charge is 0.363 e. The monoisotopic (exact) mass is 272 g/mol. The second-order valence-electron chi connectivity index (χ2n) is 5.78. The third-order valence-corrected chi connectivity index (χ3v) is 3.42. The van der Waals surface area contributed by atoms with Crippen molar-refractivity contribution >= 4 is 17.3 Å². The van der Waals surface area contributed by atoms with Gasteiger partial charge in [-0.1, -0.05) is 52.4 Å². The Bertz CT molecular complexity index is 215. The van der Waals surface area contributed by atoms with Crippen LogP contribution in [0.5, 0.6) is 0 Å². The highest BCUT2D eigenvalue weighted by atomic mass is 32.1. The van der Waals surface area contributed by atoms with Crippen molar-refractivity contribution in [3.63, 3.8) is 0 Å². The molecule has 108 valence electrons. The normalized spacial score (nSPS) is 11.3. The SMILES string of the molecule is CCCCCCNC(=S)NC(C)(C)CCCCC. The first kappa shape index (κ1) is 17.7. The summed E-state index contributed by atoms with van der Waals surface area (Å²) < 4.78 is 0. The zero-order valence-electron chi connectivity index (χ0n) is 12.8. The van der Waals surface area contributed by atoms with Crippen LogP contribution in [0.15, 0.2) is 0 Å². The molecule has 0 unspecified atom stereocenters. The van der Waals surface area contributed by atoms with Crippen molar-refractivity contribution in [2.24, 2.45) is 0 Å². The molecular formula is C15H32N2S. The van der Waals surface area contributed by atoms with Crippen molar-refractivity contribution < 1.29 is 0 Å². The Balaban J connectivity index is 3.64. The van der Waals surface area contributed by atoms with Crippen molar-refractivity contribution in [1.29, 1.82) is 0 Å². The van der Waals surface area contributed by atoms with Crippen LogP contribution in [0.4, 0.5) is 0 Å². The van der Waals surface area contributed by atoms with Gasteiger partial charge in [0.25, 0.3) is 0 Å². The van der Waals surface area contributed by atoms with Crippen LogP contribution in [-0.2, 0) is 0 Å². The van der Waals surface area contributed by atoms with Gasteiger partial charge in [0, 0.05) is 12.1 Å². The van der Waals surface area contributed by atoms with Crippen LogP contribution in [0.1, 0.15) is 79.1 Å². The molecule has 0 saturated heterocycles. The first-order chi connectivity index (χ1) is 8.52. The van der Waals surface area contributed by atoms with E-state index in [1.54, 1.807) is 0 Å². The summed E-state index contributed by atoms with van der Waals surface area (Å²) >= 11 is 5.34.